The van der Waals surface area contributed by atoms with Crippen LogP contribution in [0.1, 0.15) is 29.7 Å². The second-order valence-corrected chi connectivity index (χ2v) is 7.28. The van der Waals surface area contributed by atoms with Crippen LogP contribution in [-0.2, 0) is 22.7 Å². The van der Waals surface area contributed by atoms with Crippen molar-refractivity contribution in [3.63, 3.8) is 0 Å². The first-order chi connectivity index (χ1) is 10.0. The number of aromatic amines is 1. The van der Waals surface area contributed by atoms with E-state index in [4.69, 9.17) is 0 Å². The van der Waals surface area contributed by atoms with Crippen LogP contribution in [0.4, 0.5) is 0 Å². The van der Waals surface area contributed by atoms with Crippen LogP contribution in [0.25, 0.3) is 0 Å². The lowest BCUT2D eigenvalue weighted by atomic mass is 9.93. The zero-order valence-corrected chi connectivity index (χ0v) is 12.7. The molecule has 110 valence electrons. The third-order valence-electron chi connectivity index (χ3n) is 4.05. The molecule has 0 fully saturated rings. The standard InChI is InChI=1S/C16H17NO3S/c1-11-13-9-5-6-10-14(13)17-16(18)15(11)21(19,20)12-7-3-2-4-8-12/h2-4,7-8H,5-6,9-10H2,1H3,(H,17,18). The Kier molecular flexibility index (Phi) is 3.45. The Labute approximate surface area is 123 Å². The first kappa shape index (κ1) is 14.1. The zero-order chi connectivity index (χ0) is 15.0. The molecule has 2 aromatic rings. The maximum atomic E-state index is 12.7. The lowest BCUT2D eigenvalue weighted by Crippen LogP contribution is -2.24. The normalized spacial score (nSPS) is 14.7. The minimum atomic E-state index is -3.78. The highest BCUT2D eigenvalue weighted by molar-refractivity contribution is 7.91. The van der Waals surface area contributed by atoms with E-state index in [0.717, 1.165) is 36.9 Å². The van der Waals surface area contributed by atoms with Crippen molar-refractivity contribution < 1.29 is 8.42 Å². The molecular weight excluding hydrogens is 286 g/mol. The SMILES string of the molecule is Cc1c2c([nH]c(=O)c1S(=O)(=O)c1ccccc1)CCCC2. The molecule has 0 amide bonds. The molecule has 0 bridgehead atoms. The fraction of sp³-hybridized carbons (Fsp3) is 0.312. The molecule has 1 heterocycles. The van der Waals surface area contributed by atoms with Crippen LogP contribution in [0, 0.1) is 6.92 Å². The molecule has 0 atom stereocenters. The lowest BCUT2D eigenvalue weighted by molar-refractivity contribution is 0.591. The van der Waals surface area contributed by atoms with Crippen LogP contribution in [0.15, 0.2) is 44.9 Å². The van der Waals surface area contributed by atoms with E-state index in [2.05, 4.69) is 4.98 Å². The van der Waals surface area contributed by atoms with Crippen molar-refractivity contribution in [3.05, 3.63) is 57.5 Å². The number of pyridine rings is 1. The summed E-state index contributed by atoms with van der Waals surface area (Å²) in [6.45, 7) is 1.75. The first-order valence-electron chi connectivity index (χ1n) is 7.06. The second kappa shape index (κ2) is 5.15. The molecule has 3 rings (SSSR count). The predicted octanol–water partition coefficient (Wildman–Crippen LogP) is 2.39. The molecule has 4 nitrogen and oxygen atoms in total. The highest BCUT2D eigenvalue weighted by Crippen LogP contribution is 2.27. The number of nitrogens with one attached hydrogen (secondary N) is 1. The van der Waals surface area contributed by atoms with Crippen LogP contribution in [-0.4, -0.2) is 13.4 Å². The van der Waals surface area contributed by atoms with Gasteiger partial charge in [0.05, 0.1) is 4.90 Å². The van der Waals surface area contributed by atoms with Crippen molar-refractivity contribution in [1.82, 2.24) is 4.98 Å². The van der Waals surface area contributed by atoms with Gasteiger partial charge in [0, 0.05) is 5.69 Å². The van der Waals surface area contributed by atoms with Crippen molar-refractivity contribution in [1.29, 1.82) is 0 Å². The molecule has 0 radical (unpaired) electrons. The monoisotopic (exact) mass is 303 g/mol. The first-order valence-corrected chi connectivity index (χ1v) is 8.55. The van der Waals surface area contributed by atoms with Gasteiger partial charge in [-0.3, -0.25) is 4.79 Å². The summed E-state index contributed by atoms with van der Waals surface area (Å²) in [7, 11) is -3.78. The fourth-order valence-corrected chi connectivity index (χ4v) is 4.57. The van der Waals surface area contributed by atoms with Gasteiger partial charge in [0.2, 0.25) is 9.84 Å². The van der Waals surface area contributed by atoms with Gasteiger partial charge in [-0.1, -0.05) is 18.2 Å². The van der Waals surface area contributed by atoms with Crippen LogP contribution in [0.3, 0.4) is 0 Å². The topological polar surface area (TPSA) is 67.0 Å². The van der Waals surface area contributed by atoms with E-state index in [0.29, 0.717) is 5.56 Å². The fourth-order valence-electron chi connectivity index (χ4n) is 3.00. The number of benzene rings is 1. The Morgan fingerprint density at radius 2 is 1.71 bits per heavy atom. The van der Waals surface area contributed by atoms with Gasteiger partial charge in [0.15, 0.2) is 0 Å². The Balaban J connectivity index is 2.27. The number of rotatable bonds is 2. The number of H-pyrrole nitrogens is 1. The number of hydrogen-bond donors (Lipinski definition) is 1. The molecule has 0 aliphatic heterocycles. The predicted molar refractivity (Wildman–Crippen MR) is 80.3 cm³/mol. The van der Waals surface area contributed by atoms with E-state index in [1.807, 2.05) is 0 Å². The molecule has 0 spiro atoms. The Morgan fingerprint density at radius 1 is 1.05 bits per heavy atom. The lowest BCUT2D eigenvalue weighted by Gasteiger charge is -2.19. The average molecular weight is 303 g/mol. The Bertz CT molecular complexity index is 836. The number of aryl methyl sites for hydroxylation is 1. The molecule has 1 aromatic carbocycles. The minimum Gasteiger partial charge on any atom is -0.325 e. The van der Waals surface area contributed by atoms with Crippen molar-refractivity contribution >= 4 is 9.84 Å². The second-order valence-electron chi connectivity index (χ2n) is 5.39. The van der Waals surface area contributed by atoms with Crippen LogP contribution < -0.4 is 5.56 Å². The summed E-state index contributed by atoms with van der Waals surface area (Å²) in [5.74, 6) is 0. The van der Waals surface area contributed by atoms with Gasteiger partial charge < -0.3 is 4.98 Å². The van der Waals surface area contributed by atoms with Gasteiger partial charge in [-0.25, -0.2) is 8.42 Å². The van der Waals surface area contributed by atoms with Gasteiger partial charge >= 0.3 is 0 Å². The maximum Gasteiger partial charge on any atom is 0.267 e. The highest BCUT2D eigenvalue weighted by Gasteiger charge is 2.27. The summed E-state index contributed by atoms with van der Waals surface area (Å²) in [5.41, 5.74) is 2.00. The third kappa shape index (κ3) is 2.31. The maximum absolute atomic E-state index is 12.7. The molecule has 0 saturated carbocycles. The molecule has 5 heteroatoms. The molecule has 21 heavy (non-hydrogen) atoms. The van der Waals surface area contributed by atoms with Gasteiger partial charge in [0.25, 0.3) is 5.56 Å². The summed E-state index contributed by atoms with van der Waals surface area (Å²) in [5, 5.41) is 0. The zero-order valence-electron chi connectivity index (χ0n) is 11.8. The van der Waals surface area contributed by atoms with E-state index in [-0.39, 0.29) is 9.79 Å². The minimum absolute atomic E-state index is 0.102. The van der Waals surface area contributed by atoms with Gasteiger partial charge in [-0.05, 0) is 55.9 Å². The van der Waals surface area contributed by atoms with E-state index in [1.165, 1.54) is 12.1 Å². The number of fused-ring (bicyclic) bond motifs is 1. The van der Waals surface area contributed by atoms with E-state index in [9.17, 15) is 13.2 Å². The van der Waals surface area contributed by atoms with Crippen LogP contribution in [0.2, 0.25) is 0 Å². The van der Waals surface area contributed by atoms with Gasteiger partial charge in [-0.2, -0.15) is 0 Å². The molecule has 1 aromatic heterocycles. The Hall–Kier alpha value is -1.88. The van der Waals surface area contributed by atoms with E-state index < -0.39 is 15.4 Å². The summed E-state index contributed by atoms with van der Waals surface area (Å²) in [4.78, 5) is 15.1. The van der Waals surface area contributed by atoms with E-state index in [1.54, 1.807) is 25.1 Å². The molecular formula is C16H17NO3S. The summed E-state index contributed by atoms with van der Waals surface area (Å²) >= 11 is 0. The highest BCUT2D eigenvalue weighted by atomic mass is 32.2. The van der Waals surface area contributed by atoms with E-state index >= 15 is 0 Å². The smallest absolute Gasteiger partial charge is 0.267 e. The largest absolute Gasteiger partial charge is 0.325 e. The number of hydrogen-bond acceptors (Lipinski definition) is 3. The molecule has 0 saturated heterocycles. The number of sulfone groups is 1. The third-order valence-corrected chi connectivity index (χ3v) is 5.98. The summed E-state index contributed by atoms with van der Waals surface area (Å²) < 4.78 is 25.5. The van der Waals surface area contributed by atoms with Crippen molar-refractivity contribution in [3.8, 4) is 0 Å². The van der Waals surface area contributed by atoms with Crippen LogP contribution in [0.5, 0.6) is 0 Å². The van der Waals surface area contributed by atoms with Gasteiger partial charge in [-0.15, -0.1) is 0 Å². The molecule has 0 unspecified atom stereocenters. The quantitative estimate of drug-likeness (QED) is 0.926. The van der Waals surface area contributed by atoms with Crippen molar-refractivity contribution in [2.75, 3.05) is 0 Å². The Morgan fingerprint density at radius 3 is 2.43 bits per heavy atom. The molecule has 1 aliphatic rings. The average Bonchev–Trinajstić information content (AvgIpc) is 2.48. The summed E-state index contributed by atoms with van der Waals surface area (Å²) in [6, 6.07) is 8.12. The number of aromatic nitrogens is 1. The van der Waals surface area contributed by atoms with Crippen molar-refractivity contribution in [2.45, 2.75) is 42.4 Å². The summed E-state index contributed by atoms with van der Waals surface area (Å²) in [6.07, 6.45) is 3.71. The van der Waals surface area contributed by atoms with Gasteiger partial charge in [0.1, 0.15) is 4.90 Å². The van der Waals surface area contributed by atoms with Crippen molar-refractivity contribution in [2.24, 2.45) is 0 Å². The molecule has 1 N–H and O–H groups in total. The molecule has 1 aliphatic carbocycles. The van der Waals surface area contributed by atoms with Crippen LogP contribution >= 0.6 is 0 Å².